The Morgan fingerprint density at radius 1 is 1.21 bits per heavy atom. The van der Waals surface area contributed by atoms with Crippen molar-refractivity contribution in [1.82, 2.24) is 10.3 Å². The van der Waals surface area contributed by atoms with Crippen LogP contribution in [0.5, 0.6) is 0 Å². The number of aliphatic hydroxyl groups is 2. The summed E-state index contributed by atoms with van der Waals surface area (Å²) in [5.41, 5.74) is -0.563. The zero-order chi connectivity index (χ0) is 21.3. The molecule has 2 heterocycles. The van der Waals surface area contributed by atoms with Crippen molar-refractivity contribution in [3.8, 4) is 0 Å². The first-order valence-electron chi connectivity index (χ1n) is 9.36. The van der Waals surface area contributed by atoms with E-state index < -0.39 is 42.2 Å². The Hall–Kier alpha value is -1.68. The molecule has 1 aromatic heterocycles. The Labute approximate surface area is 166 Å². The van der Waals surface area contributed by atoms with Crippen molar-refractivity contribution < 1.29 is 29.1 Å². The number of amides is 1. The molecular formula is C19H31BN2O6. The molecule has 1 aliphatic heterocycles. The maximum absolute atomic E-state index is 11.6. The normalized spacial score (nSPS) is 20.5. The van der Waals surface area contributed by atoms with Crippen LogP contribution >= 0.6 is 0 Å². The lowest BCUT2D eigenvalue weighted by Gasteiger charge is -2.32. The third-order valence-corrected chi connectivity index (χ3v) is 4.86. The molecule has 0 radical (unpaired) electrons. The average Bonchev–Trinajstić information content (AvgIpc) is 2.78. The molecule has 8 nitrogen and oxygen atoms in total. The van der Waals surface area contributed by atoms with Crippen molar-refractivity contribution in [3.63, 3.8) is 0 Å². The van der Waals surface area contributed by atoms with Gasteiger partial charge in [0.1, 0.15) is 17.8 Å². The van der Waals surface area contributed by atoms with E-state index in [0.717, 1.165) is 5.46 Å². The fraction of sp³-hybridized carbons (Fsp3) is 0.684. The number of rotatable bonds is 5. The molecule has 1 saturated heterocycles. The number of ether oxygens (including phenoxy) is 1. The number of carbonyl (C=O) groups excluding carboxylic acids is 1. The zero-order valence-electron chi connectivity index (χ0n) is 17.6. The van der Waals surface area contributed by atoms with Gasteiger partial charge in [-0.2, -0.15) is 0 Å². The van der Waals surface area contributed by atoms with E-state index in [1.807, 2.05) is 27.7 Å². The van der Waals surface area contributed by atoms with Gasteiger partial charge in [-0.05, 0) is 54.5 Å². The summed E-state index contributed by atoms with van der Waals surface area (Å²) in [5.74, 6) is 0. The SMILES string of the molecule is CC(C)(C)OC(=O)NCC(O)C(O)c1ccc(B2OC(C)(C)C(C)(C)O2)cn1. The summed E-state index contributed by atoms with van der Waals surface area (Å²) in [7, 11) is -0.553. The van der Waals surface area contributed by atoms with Crippen molar-refractivity contribution in [1.29, 1.82) is 0 Å². The third-order valence-electron chi connectivity index (χ3n) is 4.86. The van der Waals surface area contributed by atoms with Gasteiger partial charge in [0.25, 0.3) is 0 Å². The monoisotopic (exact) mass is 394 g/mol. The molecule has 3 N–H and O–H groups in total. The minimum absolute atomic E-state index is 0.170. The van der Waals surface area contributed by atoms with Gasteiger partial charge in [0.2, 0.25) is 0 Å². The first-order chi connectivity index (χ1) is 12.7. The highest BCUT2D eigenvalue weighted by Crippen LogP contribution is 2.36. The molecule has 0 aromatic carbocycles. The summed E-state index contributed by atoms with van der Waals surface area (Å²) in [6.45, 7) is 12.9. The van der Waals surface area contributed by atoms with E-state index in [1.165, 1.54) is 0 Å². The Bertz CT molecular complexity index is 671. The van der Waals surface area contributed by atoms with Gasteiger partial charge < -0.3 is 29.6 Å². The zero-order valence-corrected chi connectivity index (χ0v) is 17.6. The Kier molecular flexibility index (Phi) is 6.45. The van der Waals surface area contributed by atoms with Gasteiger partial charge >= 0.3 is 13.2 Å². The molecule has 2 rings (SSSR count). The van der Waals surface area contributed by atoms with Gasteiger partial charge in [-0.25, -0.2) is 4.79 Å². The molecule has 1 aliphatic rings. The predicted octanol–water partition coefficient (Wildman–Crippen LogP) is 1.30. The van der Waals surface area contributed by atoms with Gasteiger partial charge in [-0.15, -0.1) is 0 Å². The van der Waals surface area contributed by atoms with Crippen LogP contribution in [0.4, 0.5) is 4.79 Å². The number of alkyl carbamates (subject to hydrolysis) is 1. The van der Waals surface area contributed by atoms with E-state index in [1.54, 1.807) is 39.1 Å². The van der Waals surface area contributed by atoms with E-state index in [-0.39, 0.29) is 12.2 Å². The molecule has 28 heavy (non-hydrogen) atoms. The quantitative estimate of drug-likeness (QED) is 0.646. The van der Waals surface area contributed by atoms with Gasteiger partial charge in [0.05, 0.1) is 16.9 Å². The molecule has 1 fully saturated rings. The highest BCUT2D eigenvalue weighted by atomic mass is 16.7. The number of hydrogen-bond acceptors (Lipinski definition) is 7. The van der Waals surface area contributed by atoms with Gasteiger partial charge in [0, 0.05) is 18.2 Å². The summed E-state index contributed by atoms with van der Waals surface area (Å²) in [6, 6.07) is 3.34. The molecule has 0 bridgehead atoms. The molecule has 9 heteroatoms. The summed E-state index contributed by atoms with van der Waals surface area (Å²) in [4.78, 5) is 15.9. The van der Waals surface area contributed by atoms with E-state index in [4.69, 9.17) is 14.0 Å². The van der Waals surface area contributed by atoms with Crippen molar-refractivity contribution in [2.45, 2.75) is 77.5 Å². The van der Waals surface area contributed by atoms with Crippen LogP contribution in [0.1, 0.15) is 60.3 Å². The molecule has 1 aromatic rings. The van der Waals surface area contributed by atoms with Crippen LogP contribution in [0.2, 0.25) is 0 Å². The van der Waals surface area contributed by atoms with Gasteiger partial charge in [-0.1, -0.05) is 6.07 Å². The summed E-state index contributed by atoms with van der Waals surface area (Å²) in [6.07, 6.45) is -1.61. The second kappa shape index (κ2) is 7.98. The van der Waals surface area contributed by atoms with Gasteiger partial charge in [0.15, 0.2) is 0 Å². The number of hydrogen-bond donors (Lipinski definition) is 3. The lowest BCUT2D eigenvalue weighted by atomic mass is 9.80. The van der Waals surface area contributed by atoms with Crippen LogP contribution in [-0.4, -0.2) is 57.9 Å². The van der Waals surface area contributed by atoms with Crippen molar-refractivity contribution >= 4 is 18.7 Å². The highest BCUT2D eigenvalue weighted by molar-refractivity contribution is 6.62. The number of nitrogens with one attached hydrogen (secondary N) is 1. The lowest BCUT2D eigenvalue weighted by molar-refractivity contribution is 0.00578. The van der Waals surface area contributed by atoms with Crippen LogP contribution in [0.25, 0.3) is 0 Å². The number of carbonyl (C=O) groups is 1. The second-order valence-electron chi connectivity index (χ2n) is 9.00. The Morgan fingerprint density at radius 2 is 1.79 bits per heavy atom. The van der Waals surface area contributed by atoms with Crippen molar-refractivity contribution in [2.75, 3.05) is 6.54 Å². The fourth-order valence-corrected chi connectivity index (χ4v) is 2.52. The van der Waals surface area contributed by atoms with E-state index >= 15 is 0 Å². The first-order valence-corrected chi connectivity index (χ1v) is 9.36. The van der Waals surface area contributed by atoms with Crippen LogP contribution in [0, 0.1) is 0 Å². The van der Waals surface area contributed by atoms with Crippen LogP contribution < -0.4 is 10.8 Å². The number of nitrogens with zero attached hydrogens (tertiary/aromatic N) is 1. The Morgan fingerprint density at radius 3 is 2.25 bits per heavy atom. The molecular weight excluding hydrogens is 363 g/mol. The minimum Gasteiger partial charge on any atom is -0.444 e. The smallest absolute Gasteiger partial charge is 0.444 e. The fourth-order valence-electron chi connectivity index (χ4n) is 2.52. The molecule has 156 valence electrons. The topological polar surface area (TPSA) is 110 Å². The molecule has 0 aliphatic carbocycles. The molecule has 1 amide bonds. The van der Waals surface area contributed by atoms with E-state index in [9.17, 15) is 15.0 Å². The second-order valence-corrected chi connectivity index (χ2v) is 9.00. The number of pyridine rings is 1. The molecule has 2 unspecified atom stereocenters. The number of aliphatic hydroxyl groups excluding tert-OH is 2. The number of aromatic nitrogens is 1. The van der Waals surface area contributed by atoms with Crippen LogP contribution in [0.3, 0.4) is 0 Å². The maximum Gasteiger partial charge on any atom is 0.496 e. The Balaban J connectivity index is 1.95. The van der Waals surface area contributed by atoms with E-state index in [2.05, 4.69) is 10.3 Å². The van der Waals surface area contributed by atoms with Crippen LogP contribution in [-0.2, 0) is 14.0 Å². The lowest BCUT2D eigenvalue weighted by Crippen LogP contribution is -2.41. The van der Waals surface area contributed by atoms with Crippen molar-refractivity contribution in [3.05, 3.63) is 24.0 Å². The van der Waals surface area contributed by atoms with Crippen molar-refractivity contribution in [2.24, 2.45) is 0 Å². The van der Waals surface area contributed by atoms with Gasteiger partial charge in [-0.3, -0.25) is 4.98 Å². The summed E-state index contributed by atoms with van der Waals surface area (Å²) in [5, 5.41) is 22.8. The predicted molar refractivity (Wildman–Crippen MR) is 105 cm³/mol. The van der Waals surface area contributed by atoms with E-state index in [0.29, 0.717) is 0 Å². The average molecular weight is 394 g/mol. The first kappa shape index (κ1) is 22.6. The summed E-state index contributed by atoms with van der Waals surface area (Å²) >= 11 is 0. The highest BCUT2D eigenvalue weighted by Gasteiger charge is 2.51. The third kappa shape index (κ3) is 5.44. The molecule has 2 atom stereocenters. The molecule has 0 saturated carbocycles. The van der Waals surface area contributed by atoms with Crippen LogP contribution in [0.15, 0.2) is 18.3 Å². The maximum atomic E-state index is 11.6. The minimum atomic E-state index is -1.26. The molecule has 0 spiro atoms. The standard InChI is InChI=1S/C19H31BN2O6/c1-17(2,3)26-16(25)22-11-14(23)15(24)13-9-8-12(10-21-13)20-27-18(4,5)19(6,7)28-20/h8-10,14-15,23-24H,11H2,1-7H3,(H,22,25). The summed E-state index contributed by atoms with van der Waals surface area (Å²) < 4.78 is 17.0. The largest absolute Gasteiger partial charge is 0.496 e.